The molecule has 0 bridgehead atoms. The molecule has 2 aromatic carbocycles. The van der Waals surface area contributed by atoms with Gasteiger partial charge < -0.3 is 5.32 Å². The van der Waals surface area contributed by atoms with Gasteiger partial charge in [-0.1, -0.05) is 62.4 Å². The third-order valence-corrected chi connectivity index (χ3v) is 6.96. The lowest BCUT2D eigenvalue weighted by atomic mass is 9.96. The van der Waals surface area contributed by atoms with Crippen molar-refractivity contribution in [3.05, 3.63) is 66.0 Å². The molecule has 1 fully saturated rings. The molecule has 0 saturated heterocycles. The van der Waals surface area contributed by atoms with E-state index in [9.17, 15) is 17.6 Å². The third kappa shape index (κ3) is 6.64. The van der Waals surface area contributed by atoms with Crippen molar-refractivity contribution in [2.75, 3.05) is 0 Å². The van der Waals surface area contributed by atoms with Crippen LogP contribution in [0.5, 0.6) is 0 Å². The molecule has 0 radical (unpaired) electrons. The predicted molar refractivity (Wildman–Crippen MR) is 115 cm³/mol. The first-order chi connectivity index (χ1) is 14.4. The summed E-state index contributed by atoms with van der Waals surface area (Å²) in [4.78, 5) is 13.0. The number of amides is 1. The van der Waals surface area contributed by atoms with Crippen molar-refractivity contribution in [2.45, 2.75) is 68.3 Å². The molecule has 1 aliphatic carbocycles. The van der Waals surface area contributed by atoms with Crippen molar-refractivity contribution >= 4 is 15.9 Å². The highest BCUT2D eigenvalue weighted by Crippen LogP contribution is 2.18. The fourth-order valence-electron chi connectivity index (χ4n) is 3.81. The molecule has 1 aliphatic rings. The number of benzene rings is 2. The normalized spacial score (nSPS) is 17.0. The van der Waals surface area contributed by atoms with Crippen LogP contribution in [0, 0.1) is 5.82 Å². The Labute approximate surface area is 178 Å². The summed E-state index contributed by atoms with van der Waals surface area (Å²) in [5.41, 5.74) is 0.858. The van der Waals surface area contributed by atoms with E-state index in [0.717, 1.165) is 56.2 Å². The van der Waals surface area contributed by atoms with Gasteiger partial charge in [0.05, 0.1) is 4.90 Å². The molecule has 0 unspecified atom stereocenters. The minimum atomic E-state index is -3.97. The van der Waals surface area contributed by atoms with Crippen molar-refractivity contribution in [3.8, 4) is 0 Å². The summed E-state index contributed by atoms with van der Waals surface area (Å²) in [6.45, 7) is 0. The van der Waals surface area contributed by atoms with Crippen LogP contribution in [-0.4, -0.2) is 26.4 Å². The molecular formula is C23H29FN2O3S. The van der Waals surface area contributed by atoms with Crippen molar-refractivity contribution < 1.29 is 17.6 Å². The van der Waals surface area contributed by atoms with Crippen molar-refractivity contribution in [1.29, 1.82) is 0 Å². The summed E-state index contributed by atoms with van der Waals surface area (Å²) >= 11 is 0. The zero-order valence-corrected chi connectivity index (χ0v) is 17.8. The van der Waals surface area contributed by atoms with Gasteiger partial charge in [-0.15, -0.1) is 0 Å². The second kappa shape index (κ2) is 10.7. The van der Waals surface area contributed by atoms with Gasteiger partial charge in [0.2, 0.25) is 15.9 Å². The maximum Gasteiger partial charge on any atom is 0.241 e. The SMILES string of the molecule is O=C(NC1CCCCCCC1)[C@@H](Cc1ccccc1)NS(=O)(=O)c1ccc(F)cc1. The second-order valence-corrected chi connectivity index (χ2v) is 9.58. The van der Waals surface area contributed by atoms with E-state index in [2.05, 4.69) is 10.0 Å². The van der Waals surface area contributed by atoms with Gasteiger partial charge in [0.25, 0.3) is 0 Å². The van der Waals surface area contributed by atoms with Gasteiger partial charge in [-0.3, -0.25) is 4.79 Å². The molecule has 30 heavy (non-hydrogen) atoms. The summed E-state index contributed by atoms with van der Waals surface area (Å²) < 4.78 is 41.4. The molecule has 0 spiro atoms. The van der Waals surface area contributed by atoms with Gasteiger partial charge in [-0.05, 0) is 49.1 Å². The van der Waals surface area contributed by atoms with Gasteiger partial charge in [0.1, 0.15) is 11.9 Å². The minimum Gasteiger partial charge on any atom is -0.352 e. The second-order valence-electron chi connectivity index (χ2n) is 7.87. The highest BCUT2D eigenvalue weighted by molar-refractivity contribution is 7.89. The highest BCUT2D eigenvalue weighted by Gasteiger charge is 2.27. The number of sulfonamides is 1. The molecule has 0 aliphatic heterocycles. The lowest BCUT2D eigenvalue weighted by Gasteiger charge is -2.25. The molecule has 2 N–H and O–H groups in total. The minimum absolute atomic E-state index is 0.0615. The van der Waals surface area contributed by atoms with Crippen molar-refractivity contribution in [1.82, 2.24) is 10.0 Å². The van der Waals surface area contributed by atoms with Crippen LogP contribution in [0.2, 0.25) is 0 Å². The lowest BCUT2D eigenvalue weighted by molar-refractivity contribution is -0.123. The van der Waals surface area contributed by atoms with Gasteiger partial charge in [0.15, 0.2) is 0 Å². The standard InChI is InChI=1S/C23H29FN2O3S/c24-19-13-15-21(16-14-19)30(28,29)26-22(17-18-9-5-4-6-10-18)23(27)25-20-11-7-2-1-3-8-12-20/h4-6,9-10,13-16,20,22,26H,1-3,7-8,11-12,17H2,(H,25,27)/t22-/m1/s1. The summed E-state index contributed by atoms with van der Waals surface area (Å²) in [6.07, 6.45) is 7.75. The Bertz CT molecular complexity index is 909. The average Bonchev–Trinajstić information content (AvgIpc) is 2.70. The first-order valence-corrected chi connectivity index (χ1v) is 12.0. The summed E-state index contributed by atoms with van der Waals surface area (Å²) in [7, 11) is -3.97. The van der Waals surface area contributed by atoms with Crippen LogP contribution < -0.4 is 10.0 Å². The van der Waals surface area contributed by atoms with E-state index < -0.39 is 21.9 Å². The van der Waals surface area contributed by atoms with Crippen LogP contribution in [0.1, 0.15) is 50.5 Å². The Kier molecular flexibility index (Phi) is 7.99. The van der Waals surface area contributed by atoms with Crippen LogP contribution in [0.25, 0.3) is 0 Å². The Balaban J connectivity index is 1.76. The Hall–Kier alpha value is -2.25. The monoisotopic (exact) mass is 432 g/mol. The van der Waals surface area contributed by atoms with Gasteiger partial charge in [-0.2, -0.15) is 4.72 Å². The van der Waals surface area contributed by atoms with E-state index in [4.69, 9.17) is 0 Å². The highest BCUT2D eigenvalue weighted by atomic mass is 32.2. The van der Waals surface area contributed by atoms with Gasteiger partial charge >= 0.3 is 0 Å². The van der Waals surface area contributed by atoms with Crippen LogP contribution in [0.3, 0.4) is 0 Å². The van der Waals surface area contributed by atoms with E-state index in [1.165, 1.54) is 18.6 Å². The zero-order chi connectivity index (χ0) is 21.4. The number of hydrogen-bond donors (Lipinski definition) is 2. The van der Waals surface area contributed by atoms with Gasteiger partial charge in [0, 0.05) is 6.04 Å². The molecule has 3 rings (SSSR count). The van der Waals surface area contributed by atoms with Crippen molar-refractivity contribution in [3.63, 3.8) is 0 Å². The maximum atomic E-state index is 13.2. The molecule has 0 heterocycles. The van der Waals surface area contributed by atoms with E-state index >= 15 is 0 Å². The van der Waals surface area contributed by atoms with Crippen LogP contribution in [0.15, 0.2) is 59.5 Å². The number of carbonyl (C=O) groups is 1. The van der Waals surface area contributed by atoms with Crippen molar-refractivity contribution in [2.24, 2.45) is 0 Å². The predicted octanol–water partition coefficient (Wildman–Crippen LogP) is 3.94. The molecular weight excluding hydrogens is 403 g/mol. The topological polar surface area (TPSA) is 75.3 Å². The third-order valence-electron chi connectivity index (χ3n) is 5.47. The number of carbonyl (C=O) groups excluding carboxylic acids is 1. The van der Waals surface area contributed by atoms with E-state index in [-0.39, 0.29) is 23.3 Å². The van der Waals surface area contributed by atoms with Crippen LogP contribution in [0.4, 0.5) is 4.39 Å². The fourth-order valence-corrected chi connectivity index (χ4v) is 5.00. The molecule has 162 valence electrons. The summed E-state index contributed by atoms with van der Waals surface area (Å²) in [5.74, 6) is -0.841. The Morgan fingerprint density at radius 1 is 0.933 bits per heavy atom. The van der Waals surface area contributed by atoms with E-state index in [1.807, 2.05) is 30.3 Å². The quantitative estimate of drug-likeness (QED) is 0.696. The maximum absolute atomic E-state index is 13.2. The Morgan fingerprint density at radius 3 is 2.17 bits per heavy atom. The fraction of sp³-hybridized carbons (Fsp3) is 0.435. The number of hydrogen-bond acceptors (Lipinski definition) is 3. The summed E-state index contributed by atoms with van der Waals surface area (Å²) in [5, 5.41) is 3.06. The number of halogens is 1. The first kappa shape index (κ1) is 22.4. The largest absolute Gasteiger partial charge is 0.352 e. The zero-order valence-electron chi connectivity index (χ0n) is 17.0. The molecule has 0 aromatic heterocycles. The number of nitrogens with one attached hydrogen (secondary N) is 2. The number of rotatable bonds is 7. The average molecular weight is 433 g/mol. The molecule has 1 saturated carbocycles. The summed E-state index contributed by atoms with van der Waals surface area (Å²) in [6, 6.07) is 13.0. The molecule has 2 aromatic rings. The van der Waals surface area contributed by atoms with Crippen LogP contribution in [-0.2, 0) is 21.2 Å². The molecule has 1 amide bonds. The molecule has 5 nitrogen and oxygen atoms in total. The lowest BCUT2D eigenvalue weighted by Crippen LogP contribution is -2.50. The Morgan fingerprint density at radius 2 is 1.53 bits per heavy atom. The molecule has 1 atom stereocenters. The van der Waals surface area contributed by atoms with Crippen LogP contribution >= 0.6 is 0 Å². The van der Waals surface area contributed by atoms with Gasteiger partial charge in [-0.25, -0.2) is 12.8 Å². The van der Waals surface area contributed by atoms with E-state index in [0.29, 0.717) is 0 Å². The molecule has 7 heteroatoms. The smallest absolute Gasteiger partial charge is 0.241 e. The van der Waals surface area contributed by atoms with E-state index in [1.54, 1.807) is 0 Å². The first-order valence-electron chi connectivity index (χ1n) is 10.6.